The number of nitrogens with zero attached hydrogens (tertiary/aromatic N) is 1. The third-order valence-electron chi connectivity index (χ3n) is 3.66. The van der Waals surface area contributed by atoms with Crippen LogP contribution in [0.15, 0.2) is 18.2 Å². The molecular weight excluding hydrogens is 227 g/mol. The fourth-order valence-corrected chi connectivity index (χ4v) is 2.59. The lowest BCUT2D eigenvalue weighted by atomic mass is 10.0. The number of nitriles is 1. The third kappa shape index (κ3) is 3.46. The number of hydrogen-bond acceptors (Lipinski definition) is 2. The van der Waals surface area contributed by atoms with Gasteiger partial charge in [-0.25, -0.2) is 4.39 Å². The normalized spacial score (nSPS) is 16.9. The molecule has 0 aliphatic heterocycles. The molecule has 0 heterocycles. The molecule has 1 aromatic carbocycles. The van der Waals surface area contributed by atoms with Crippen LogP contribution in [0.1, 0.15) is 44.1 Å². The Hall–Kier alpha value is -1.56. The van der Waals surface area contributed by atoms with E-state index in [1.807, 2.05) is 6.07 Å². The second-order valence-electron chi connectivity index (χ2n) is 5.04. The summed E-state index contributed by atoms with van der Waals surface area (Å²) in [5, 5.41) is 12.3. The summed E-state index contributed by atoms with van der Waals surface area (Å²) in [5.41, 5.74) is 1.15. The summed E-state index contributed by atoms with van der Waals surface area (Å²) in [4.78, 5) is 0. The molecule has 1 aliphatic rings. The third-order valence-corrected chi connectivity index (χ3v) is 3.66. The first kappa shape index (κ1) is 12.9. The molecule has 0 atom stereocenters. The SMILES string of the molecule is N#Cc1cc(F)ccc1NCC1CCCCCC1. The smallest absolute Gasteiger partial charge is 0.124 e. The lowest BCUT2D eigenvalue weighted by Crippen LogP contribution is -2.14. The van der Waals surface area contributed by atoms with Gasteiger partial charge in [-0.05, 0) is 37.0 Å². The van der Waals surface area contributed by atoms with Gasteiger partial charge in [-0.1, -0.05) is 25.7 Å². The van der Waals surface area contributed by atoms with Crippen molar-refractivity contribution in [2.24, 2.45) is 5.92 Å². The number of nitrogens with one attached hydrogen (secondary N) is 1. The van der Waals surface area contributed by atoms with Gasteiger partial charge in [0.05, 0.1) is 11.3 Å². The highest BCUT2D eigenvalue weighted by atomic mass is 19.1. The van der Waals surface area contributed by atoms with Crippen LogP contribution >= 0.6 is 0 Å². The van der Waals surface area contributed by atoms with Gasteiger partial charge in [-0.3, -0.25) is 0 Å². The Balaban J connectivity index is 1.95. The average Bonchev–Trinajstić information content (AvgIpc) is 2.65. The average molecular weight is 246 g/mol. The zero-order chi connectivity index (χ0) is 12.8. The van der Waals surface area contributed by atoms with Gasteiger partial charge in [0.2, 0.25) is 0 Å². The second kappa shape index (κ2) is 6.39. The summed E-state index contributed by atoms with van der Waals surface area (Å²) in [6, 6.07) is 6.38. The molecular formula is C15H19FN2. The Morgan fingerprint density at radius 1 is 1.22 bits per heavy atom. The van der Waals surface area contributed by atoms with Crippen LogP contribution in [0.25, 0.3) is 0 Å². The molecule has 0 amide bonds. The number of rotatable bonds is 3. The fourth-order valence-electron chi connectivity index (χ4n) is 2.59. The summed E-state index contributed by atoms with van der Waals surface area (Å²) in [6.45, 7) is 0.889. The van der Waals surface area contributed by atoms with Gasteiger partial charge in [0, 0.05) is 6.54 Å². The molecule has 3 heteroatoms. The quantitative estimate of drug-likeness (QED) is 0.816. The van der Waals surface area contributed by atoms with Crippen molar-refractivity contribution in [2.45, 2.75) is 38.5 Å². The molecule has 0 unspecified atom stereocenters. The van der Waals surface area contributed by atoms with Crippen molar-refractivity contribution in [1.82, 2.24) is 0 Å². The zero-order valence-corrected chi connectivity index (χ0v) is 10.6. The summed E-state index contributed by atoms with van der Waals surface area (Å²) < 4.78 is 13.0. The first-order valence-electron chi connectivity index (χ1n) is 6.73. The van der Waals surface area contributed by atoms with Crippen molar-refractivity contribution in [2.75, 3.05) is 11.9 Å². The van der Waals surface area contributed by atoms with Crippen molar-refractivity contribution in [3.8, 4) is 6.07 Å². The van der Waals surface area contributed by atoms with Crippen LogP contribution < -0.4 is 5.32 Å². The van der Waals surface area contributed by atoms with E-state index in [0.717, 1.165) is 12.2 Å². The van der Waals surface area contributed by atoms with Gasteiger partial charge in [-0.15, -0.1) is 0 Å². The fraction of sp³-hybridized carbons (Fsp3) is 0.533. The number of anilines is 1. The van der Waals surface area contributed by atoms with Crippen LogP contribution in [0.3, 0.4) is 0 Å². The van der Waals surface area contributed by atoms with E-state index in [-0.39, 0.29) is 5.82 Å². The summed E-state index contributed by atoms with van der Waals surface area (Å²) in [7, 11) is 0. The number of halogens is 1. The largest absolute Gasteiger partial charge is 0.384 e. The Bertz CT molecular complexity index is 429. The highest BCUT2D eigenvalue weighted by molar-refractivity contribution is 5.57. The lowest BCUT2D eigenvalue weighted by Gasteiger charge is -2.16. The van der Waals surface area contributed by atoms with E-state index in [0.29, 0.717) is 11.5 Å². The molecule has 0 radical (unpaired) electrons. The topological polar surface area (TPSA) is 35.8 Å². The predicted molar refractivity (Wildman–Crippen MR) is 70.8 cm³/mol. The highest BCUT2D eigenvalue weighted by Crippen LogP contribution is 2.24. The van der Waals surface area contributed by atoms with Gasteiger partial charge in [0.1, 0.15) is 11.9 Å². The van der Waals surface area contributed by atoms with E-state index in [1.165, 1.54) is 50.7 Å². The molecule has 0 aromatic heterocycles. The van der Waals surface area contributed by atoms with E-state index in [2.05, 4.69) is 5.32 Å². The first-order valence-corrected chi connectivity index (χ1v) is 6.73. The zero-order valence-electron chi connectivity index (χ0n) is 10.6. The highest BCUT2D eigenvalue weighted by Gasteiger charge is 2.12. The molecule has 1 saturated carbocycles. The lowest BCUT2D eigenvalue weighted by molar-refractivity contribution is 0.483. The van der Waals surface area contributed by atoms with Crippen LogP contribution in [0, 0.1) is 23.1 Å². The molecule has 1 fully saturated rings. The van der Waals surface area contributed by atoms with Gasteiger partial charge in [0.25, 0.3) is 0 Å². The molecule has 0 saturated heterocycles. The first-order chi connectivity index (χ1) is 8.79. The molecule has 1 aromatic rings. The second-order valence-corrected chi connectivity index (χ2v) is 5.04. The van der Waals surface area contributed by atoms with Crippen molar-refractivity contribution >= 4 is 5.69 Å². The van der Waals surface area contributed by atoms with Crippen molar-refractivity contribution in [3.05, 3.63) is 29.6 Å². The Morgan fingerprint density at radius 2 is 1.94 bits per heavy atom. The molecule has 1 N–H and O–H groups in total. The maximum Gasteiger partial charge on any atom is 0.124 e. The molecule has 18 heavy (non-hydrogen) atoms. The summed E-state index contributed by atoms with van der Waals surface area (Å²) in [5.74, 6) is 0.329. The molecule has 1 aliphatic carbocycles. The van der Waals surface area contributed by atoms with E-state index in [9.17, 15) is 4.39 Å². The maximum absolute atomic E-state index is 13.0. The van der Waals surface area contributed by atoms with E-state index >= 15 is 0 Å². The van der Waals surface area contributed by atoms with Crippen molar-refractivity contribution < 1.29 is 4.39 Å². The minimum Gasteiger partial charge on any atom is -0.384 e. The van der Waals surface area contributed by atoms with E-state index < -0.39 is 0 Å². The van der Waals surface area contributed by atoms with Gasteiger partial charge < -0.3 is 5.32 Å². The van der Waals surface area contributed by atoms with E-state index in [4.69, 9.17) is 5.26 Å². The van der Waals surface area contributed by atoms with Crippen LogP contribution in [0.5, 0.6) is 0 Å². The Labute approximate surface area is 108 Å². The number of benzene rings is 1. The molecule has 2 nitrogen and oxygen atoms in total. The minimum atomic E-state index is -0.355. The maximum atomic E-state index is 13.0. The van der Waals surface area contributed by atoms with Crippen molar-refractivity contribution in [1.29, 1.82) is 5.26 Å². The van der Waals surface area contributed by atoms with E-state index in [1.54, 1.807) is 6.07 Å². The molecule has 2 rings (SSSR count). The molecule has 0 spiro atoms. The van der Waals surface area contributed by atoms with Gasteiger partial charge in [-0.2, -0.15) is 5.26 Å². The Kier molecular flexibility index (Phi) is 4.58. The Morgan fingerprint density at radius 3 is 2.61 bits per heavy atom. The minimum absolute atomic E-state index is 0.355. The van der Waals surface area contributed by atoms with Crippen LogP contribution in [0.4, 0.5) is 10.1 Å². The van der Waals surface area contributed by atoms with Gasteiger partial charge >= 0.3 is 0 Å². The van der Waals surface area contributed by atoms with Crippen LogP contribution in [-0.4, -0.2) is 6.54 Å². The molecule has 96 valence electrons. The van der Waals surface area contributed by atoms with Crippen molar-refractivity contribution in [3.63, 3.8) is 0 Å². The molecule has 0 bridgehead atoms. The standard InChI is InChI=1S/C15H19FN2/c16-14-7-8-15(13(9-14)10-17)18-11-12-5-3-1-2-4-6-12/h7-9,12,18H,1-6,11H2. The van der Waals surface area contributed by atoms with Gasteiger partial charge in [0.15, 0.2) is 0 Å². The van der Waals surface area contributed by atoms with Crippen LogP contribution in [0.2, 0.25) is 0 Å². The summed E-state index contributed by atoms with van der Waals surface area (Å²) >= 11 is 0. The van der Waals surface area contributed by atoms with Crippen LogP contribution in [-0.2, 0) is 0 Å². The predicted octanol–water partition coefficient (Wildman–Crippen LogP) is 4.08. The monoisotopic (exact) mass is 246 g/mol. The number of hydrogen-bond donors (Lipinski definition) is 1. The summed E-state index contributed by atoms with van der Waals surface area (Å²) in [6.07, 6.45) is 7.82.